The van der Waals surface area contributed by atoms with Gasteiger partial charge in [-0.1, -0.05) is 19.1 Å². The van der Waals surface area contributed by atoms with Crippen molar-refractivity contribution < 1.29 is 5.11 Å². The highest BCUT2D eigenvalue weighted by Crippen LogP contribution is 2.06. The lowest BCUT2D eigenvalue weighted by Crippen LogP contribution is -2.19. The minimum atomic E-state index is -0.158. The molecule has 0 bridgehead atoms. The van der Waals surface area contributed by atoms with Crippen LogP contribution in [0.1, 0.15) is 25.3 Å². The predicted octanol–water partition coefficient (Wildman–Crippen LogP) is 2.54. The minimum absolute atomic E-state index is 0.158. The van der Waals surface area contributed by atoms with Gasteiger partial charge in [-0.05, 0) is 59.7 Å². The highest BCUT2D eigenvalue weighted by molar-refractivity contribution is 14.1. The van der Waals surface area contributed by atoms with Crippen molar-refractivity contribution in [2.24, 2.45) is 0 Å². The van der Waals surface area contributed by atoms with Gasteiger partial charge in [0.25, 0.3) is 0 Å². The molecule has 0 amide bonds. The van der Waals surface area contributed by atoms with Gasteiger partial charge in [0.1, 0.15) is 0 Å². The van der Waals surface area contributed by atoms with Crippen LogP contribution in [0.15, 0.2) is 24.3 Å². The first kappa shape index (κ1) is 12.9. The fourth-order valence-corrected chi connectivity index (χ4v) is 1.67. The molecule has 0 aliphatic rings. The fraction of sp³-hybridized carbons (Fsp3) is 0.500. The monoisotopic (exact) mass is 319 g/mol. The summed E-state index contributed by atoms with van der Waals surface area (Å²) in [5.74, 6) is 0. The Hall–Kier alpha value is -0.130. The summed E-state index contributed by atoms with van der Waals surface area (Å²) in [5, 5.41) is 12.7. The first-order valence-corrected chi connectivity index (χ1v) is 6.43. The molecular formula is C12H18INO. The molecule has 84 valence electrons. The molecule has 1 aromatic carbocycles. The lowest BCUT2D eigenvalue weighted by Gasteiger charge is -2.08. The van der Waals surface area contributed by atoms with E-state index in [2.05, 4.69) is 52.2 Å². The molecule has 0 spiro atoms. The van der Waals surface area contributed by atoms with Crippen LogP contribution in [0.5, 0.6) is 0 Å². The Bertz CT molecular complexity index is 273. The number of nitrogens with one attached hydrogen (secondary N) is 1. The number of aliphatic hydroxyl groups is 1. The van der Waals surface area contributed by atoms with E-state index in [0.717, 1.165) is 25.9 Å². The standard InChI is InChI=1S/C12H18INO/c1-2-12(15)7-8-14-9-10-3-5-11(13)6-4-10/h3-6,12,14-15H,2,7-9H2,1H3. The zero-order chi connectivity index (χ0) is 11.1. The maximum atomic E-state index is 9.35. The Labute approximate surface area is 105 Å². The first-order chi connectivity index (χ1) is 7.22. The third-order valence-corrected chi connectivity index (χ3v) is 3.09. The van der Waals surface area contributed by atoms with Gasteiger partial charge in [-0.3, -0.25) is 0 Å². The molecule has 0 aromatic heterocycles. The molecule has 2 N–H and O–H groups in total. The topological polar surface area (TPSA) is 32.3 Å². The van der Waals surface area contributed by atoms with Gasteiger partial charge in [-0.2, -0.15) is 0 Å². The summed E-state index contributed by atoms with van der Waals surface area (Å²) >= 11 is 2.30. The van der Waals surface area contributed by atoms with E-state index in [1.807, 2.05) is 6.92 Å². The third kappa shape index (κ3) is 5.49. The maximum Gasteiger partial charge on any atom is 0.0549 e. The van der Waals surface area contributed by atoms with Crippen molar-refractivity contribution >= 4 is 22.6 Å². The largest absolute Gasteiger partial charge is 0.393 e. The average Bonchev–Trinajstić information content (AvgIpc) is 2.26. The molecule has 1 aromatic rings. The zero-order valence-corrected chi connectivity index (χ0v) is 11.2. The van der Waals surface area contributed by atoms with Crippen LogP contribution in [0.2, 0.25) is 0 Å². The van der Waals surface area contributed by atoms with Crippen molar-refractivity contribution in [1.82, 2.24) is 5.32 Å². The number of benzene rings is 1. The van der Waals surface area contributed by atoms with E-state index in [1.54, 1.807) is 0 Å². The molecule has 0 fully saturated rings. The second kappa shape index (κ2) is 7.19. The molecular weight excluding hydrogens is 301 g/mol. The highest BCUT2D eigenvalue weighted by atomic mass is 127. The first-order valence-electron chi connectivity index (χ1n) is 5.35. The Morgan fingerprint density at radius 2 is 2.00 bits per heavy atom. The molecule has 1 rings (SSSR count). The summed E-state index contributed by atoms with van der Waals surface area (Å²) in [6.45, 7) is 3.76. The molecule has 1 atom stereocenters. The normalized spacial score (nSPS) is 12.7. The second-order valence-corrected chi connectivity index (χ2v) is 4.90. The van der Waals surface area contributed by atoms with E-state index in [9.17, 15) is 5.11 Å². The van der Waals surface area contributed by atoms with Crippen LogP contribution in [0.3, 0.4) is 0 Å². The average molecular weight is 319 g/mol. The summed E-state index contributed by atoms with van der Waals surface area (Å²) in [6, 6.07) is 8.48. The van der Waals surface area contributed by atoms with Gasteiger partial charge in [-0.15, -0.1) is 0 Å². The van der Waals surface area contributed by atoms with Gasteiger partial charge in [0.05, 0.1) is 6.10 Å². The number of halogens is 1. The van der Waals surface area contributed by atoms with E-state index in [4.69, 9.17) is 0 Å². The fourth-order valence-electron chi connectivity index (χ4n) is 1.31. The van der Waals surface area contributed by atoms with Crippen LogP contribution in [0, 0.1) is 3.57 Å². The zero-order valence-electron chi connectivity index (χ0n) is 9.04. The maximum absolute atomic E-state index is 9.35. The van der Waals surface area contributed by atoms with Gasteiger partial charge in [0.2, 0.25) is 0 Å². The van der Waals surface area contributed by atoms with Crippen LogP contribution in [-0.2, 0) is 6.54 Å². The molecule has 3 heteroatoms. The van der Waals surface area contributed by atoms with Crippen molar-refractivity contribution in [2.75, 3.05) is 6.54 Å². The summed E-state index contributed by atoms with van der Waals surface area (Å²) in [4.78, 5) is 0. The molecule has 0 heterocycles. The quantitative estimate of drug-likeness (QED) is 0.624. The third-order valence-electron chi connectivity index (χ3n) is 2.37. The van der Waals surface area contributed by atoms with Crippen LogP contribution < -0.4 is 5.32 Å². The van der Waals surface area contributed by atoms with E-state index >= 15 is 0 Å². The lowest BCUT2D eigenvalue weighted by atomic mass is 10.2. The van der Waals surface area contributed by atoms with Crippen molar-refractivity contribution in [3.63, 3.8) is 0 Å². The predicted molar refractivity (Wildman–Crippen MR) is 71.8 cm³/mol. The van der Waals surface area contributed by atoms with Gasteiger partial charge in [0.15, 0.2) is 0 Å². The van der Waals surface area contributed by atoms with E-state index in [0.29, 0.717) is 0 Å². The van der Waals surface area contributed by atoms with Crippen molar-refractivity contribution in [2.45, 2.75) is 32.4 Å². The molecule has 1 unspecified atom stereocenters. The van der Waals surface area contributed by atoms with Crippen LogP contribution in [-0.4, -0.2) is 17.8 Å². The van der Waals surface area contributed by atoms with Crippen LogP contribution >= 0.6 is 22.6 Å². The summed E-state index contributed by atoms with van der Waals surface area (Å²) in [6.07, 6.45) is 1.51. The molecule has 15 heavy (non-hydrogen) atoms. The summed E-state index contributed by atoms with van der Waals surface area (Å²) in [7, 11) is 0. The number of hydrogen-bond acceptors (Lipinski definition) is 2. The van der Waals surface area contributed by atoms with Crippen molar-refractivity contribution in [3.8, 4) is 0 Å². The minimum Gasteiger partial charge on any atom is -0.393 e. The Morgan fingerprint density at radius 1 is 1.33 bits per heavy atom. The van der Waals surface area contributed by atoms with Gasteiger partial charge in [0, 0.05) is 10.1 Å². The Balaban J connectivity index is 2.17. The molecule has 0 saturated heterocycles. The van der Waals surface area contributed by atoms with E-state index in [1.165, 1.54) is 9.13 Å². The van der Waals surface area contributed by atoms with Crippen LogP contribution in [0.25, 0.3) is 0 Å². The molecule has 0 radical (unpaired) electrons. The van der Waals surface area contributed by atoms with Gasteiger partial charge >= 0.3 is 0 Å². The summed E-state index contributed by atoms with van der Waals surface area (Å²) in [5.41, 5.74) is 1.29. The van der Waals surface area contributed by atoms with Crippen LogP contribution in [0.4, 0.5) is 0 Å². The molecule has 0 aliphatic heterocycles. The molecule has 2 nitrogen and oxygen atoms in total. The second-order valence-electron chi connectivity index (χ2n) is 3.65. The van der Waals surface area contributed by atoms with E-state index < -0.39 is 0 Å². The van der Waals surface area contributed by atoms with Crippen molar-refractivity contribution in [3.05, 3.63) is 33.4 Å². The summed E-state index contributed by atoms with van der Waals surface area (Å²) < 4.78 is 1.26. The highest BCUT2D eigenvalue weighted by Gasteiger charge is 1.99. The SMILES string of the molecule is CCC(O)CCNCc1ccc(I)cc1. The van der Waals surface area contributed by atoms with Gasteiger partial charge < -0.3 is 10.4 Å². The lowest BCUT2D eigenvalue weighted by molar-refractivity contribution is 0.159. The smallest absolute Gasteiger partial charge is 0.0549 e. The number of aliphatic hydroxyl groups excluding tert-OH is 1. The van der Waals surface area contributed by atoms with Gasteiger partial charge in [-0.25, -0.2) is 0 Å². The molecule has 0 saturated carbocycles. The van der Waals surface area contributed by atoms with Crippen molar-refractivity contribution in [1.29, 1.82) is 0 Å². The number of rotatable bonds is 6. The number of hydrogen-bond donors (Lipinski definition) is 2. The Kier molecular flexibility index (Phi) is 6.20. The van der Waals surface area contributed by atoms with E-state index in [-0.39, 0.29) is 6.10 Å². The Morgan fingerprint density at radius 3 is 2.60 bits per heavy atom. The molecule has 0 aliphatic carbocycles.